The fraction of sp³-hybridized carbons (Fsp3) is 0.150. The number of halogens is 5. The second kappa shape index (κ2) is 7.55. The van der Waals surface area contributed by atoms with Gasteiger partial charge >= 0.3 is 11.9 Å². The van der Waals surface area contributed by atoms with E-state index in [2.05, 4.69) is 26.0 Å². The van der Waals surface area contributed by atoms with E-state index in [1.165, 1.54) is 15.1 Å². The molecule has 0 amide bonds. The molecule has 30 heavy (non-hydrogen) atoms. The van der Waals surface area contributed by atoms with Crippen LogP contribution in [0.5, 0.6) is 0 Å². The van der Waals surface area contributed by atoms with Crippen LogP contribution in [0.15, 0.2) is 57.9 Å². The molecular weight excluding hydrogens is 485 g/mol. The summed E-state index contributed by atoms with van der Waals surface area (Å²) in [5.74, 6) is 0. The summed E-state index contributed by atoms with van der Waals surface area (Å²) >= 11 is 9.49. The van der Waals surface area contributed by atoms with Gasteiger partial charge in [0.2, 0.25) is 0 Å². The number of aryl methyl sites for hydroxylation is 1. The van der Waals surface area contributed by atoms with E-state index in [1.54, 1.807) is 19.1 Å². The Morgan fingerprint density at radius 2 is 1.83 bits per heavy atom. The molecule has 0 spiro atoms. The molecule has 0 aliphatic carbocycles. The van der Waals surface area contributed by atoms with Crippen LogP contribution in [0.2, 0.25) is 5.02 Å². The zero-order valence-electron chi connectivity index (χ0n) is 15.4. The van der Waals surface area contributed by atoms with Crippen molar-refractivity contribution in [1.29, 1.82) is 0 Å². The monoisotopic (exact) mass is 496 g/mol. The lowest BCUT2D eigenvalue weighted by Gasteiger charge is -2.08. The van der Waals surface area contributed by atoms with Crippen LogP contribution in [-0.4, -0.2) is 19.2 Å². The zero-order valence-corrected chi connectivity index (χ0v) is 17.8. The van der Waals surface area contributed by atoms with Crippen molar-refractivity contribution in [2.24, 2.45) is 0 Å². The predicted octanol–water partition coefficient (Wildman–Crippen LogP) is 5.35. The Kier molecular flexibility index (Phi) is 5.19. The summed E-state index contributed by atoms with van der Waals surface area (Å²) in [6.45, 7) is 1.78. The summed E-state index contributed by atoms with van der Waals surface area (Å²) in [6, 6.07) is 11.3. The Labute approximate surface area is 181 Å². The standard InChI is InChI=1S/C20H13BrClF3N4O/c1-11-8-15(13-3-5-14(22)6-4-13)17(21)18-27-28(19(30)29(11)18)10-12-2-7-16(26-9-12)20(23,24)25/h2-9H,10H2,1H3. The highest BCUT2D eigenvalue weighted by molar-refractivity contribution is 9.10. The molecule has 0 N–H and O–H groups in total. The molecular formula is C20H13BrClF3N4O. The summed E-state index contributed by atoms with van der Waals surface area (Å²) in [4.78, 5) is 16.3. The number of aromatic nitrogens is 4. The van der Waals surface area contributed by atoms with Crippen LogP contribution >= 0.6 is 27.5 Å². The van der Waals surface area contributed by atoms with Crippen LogP contribution < -0.4 is 5.69 Å². The molecule has 0 bridgehead atoms. The molecule has 4 rings (SSSR count). The first kappa shape index (κ1) is 20.6. The van der Waals surface area contributed by atoms with Gasteiger partial charge in [-0.05, 0) is 58.2 Å². The minimum absolute atomic E-state index is 0.00614. The van der Waals surface area contributed by atoms with Gasteiger partial charge in [0, 0.05) is 22.5 Å². The first-order valence-electron chi connectivity index (χ1n) is 8.72. The Morgan fingerprint density at radius 3 is 2.43 bits per heavy atom. The van der Waals surface area contributed by atoms with E-state index in [0.29, 0.717) is 26.4 Å². The Balaban J connectivity index is 1.77. The second-order valence-corrected chi connectivity index (χ2v) is 7.90. The number of nitrogens with zero attached hydrogens (tertiary/aromatic N) is 4. The van der Waals surface area contributed by atoms with Gasteiger partial charge in [0.05, 0.1) is 11.0 Å². The average molecular weight is 498 g/mol. The van der Waals surface area contributed by atoms with E-state index < -0.39 is 17.6 Å². The minimum Gasteiger partial charge on any atom is -0.251 e. The molecule has 3 aromatic heterocycles. The van der Waals surface area contributed by atoms with Crippen molar-refractivity contribution in [3.8, 4) is 11.1 Å². The van der Waals surface area contributed by atoms with Gasteiger partial charge in [0.15, 0.2) is 5.65 Å². The normalized spacial score (nSPS) is 11.9. The van der Waals surface area contributed by atoms with Gasteiger partial charge in [0.1, 0.15) is 5.69 Å². The molecule has 154 valence electrons. The van der Waals surface area contributed by atoms with Crippen LogP contribution in [0, 0.1) is 6.92 Å². The van der Waals surface area contributed by atoms with Crippen LogP contribution in [0.3, 0.4) is 0 Å². The number of hydrogen-bond donors (Lipinski definition) is 0. The maximum Gasteiger partial charge on any atom is 0.433 e. The maximum atomic E-state index is 12.8. The summed E-state index contributed by atoms with van der Waals surface area (Å²) in [5.41, 5.74) is 1.85. The largest absolute Gasteiger partial charge is 0.433 e. The van der Waals surface area contributed by atoms with Crippen LogP contribution in [0.4, 0.5) is 13.2 Å². The molecule has 0 radical (unpaired) electrons. The number of alkyl halides is 3. The summed E-state index contributed by atoms with van der Waals surface area (Å²) in [5, 5.41) is 5.00. The van der Waals surface area contributed by atoms with E-state index >= 15 is 0 Å². The molecule has 0 fully saturated rings. The quantitative estimate of drug-likeness (QED) is 0.383. The fourth-order valence-electron chi connectivity index (χ4n) is 3.13. The lowest BCUT2D eigenvalue weighted by molar-refractivity contribution is -0.141. The van der Waals surface area contributed by atoms with Crippen molar-refractivity contribution in [1.82, 2.24) is 19.2 Å². The number of fused-ring (bicyclic) bond motifs is 1. The Hall–Kier alpha value is -2.65. The van der Waals surface area contributed by atoms with Gasteiger partial charge in [0.25, 0.3) is 0 Å². The summed E-state index contributed by atoms with van der Waals surface area (Å²) in [6.07, 6.45) is -3.42. The van der Waals surface area contributed by atoms with Crippen molar-refractivity contribution in [2.75, 3.05) is 0 Å². The van der Waals surface area contributed by atoms with Crippen LogP contribution in [0.1, 0.15) is 17.0 Å². The molecule has 10 heteroatoms. The molecule has 0 aliphatic heterocycles. The van der Waals surface area contributed by atoms with Gasteiger partial charge < -0.3 is 0 Å². The third-order valence-corrected chi connectivity index (χ3v) is 5.61. The summed E-state index contributed by atoms with van der Waals surface area (Å²) in [7, 11) is 0. The highest BCUT2D eigenvalue weighted by atomic mass is 79.9. The highest BCUT2D eigenvalue weighted by Crippen LogP contribution is 2.32. The number of pyridine rings is 2. The van der Waals surface area contributed by atoms with Crippen LogP contribution in [-0.2, 0) is 12.7 Å². The molecule has 4 aromatic rings. The molecule has 0 saturated heterocycles. The van der Waals surface area contributed by atoms with Gasteiger partial charge in [-0.3, -0.25) is 4.98 Å². The Bertz CT molecular complexity index is 1300. The van der Waals surface area contributed by atoms with E-state index in [1.807, 2.05) is 18.2 Å². The van der Waals surface area contributed by atoms with Crippen molar-refractivity contribution in [2.45, 2.75) is 19.6 Å². The van der Waals surface area contributed by atoms with E-state index in [0.717, 1.165) is 23.4 Å². The van der Waals surface area contributed by atoms with Crippen molar-refractivity contribution < 1.29 is 13.2 Å². The smallest absolute Gasteiger partial charge is 0.251 e. The number of benzene rings is 1. The Morgan fingerprint density at radius 1 is 1.13 bits per heavy atom. The molecule has 0 unspecified atom stereocenters. The van der Waals surface area contributed by atoms with E-state index in [-0.39, 0.29) is 6.54 Å². The molecule has 0 aliphatic rings. The van der Waals surface area contributed by atoms with Gasteiger partial charge in [-0.1, -0.05) is 29.8 Å². The average Bonchev–Trinajstić information content (AvgIpc) is 3.02. The van der Waals surface area contributed by atoms with Gasteiger partial charge in [-0.2, -0.15) is 13.2 Å². The van der Waals surface area contributed by atoms with Gasteiger partial charge in [-0.25, -0.2) is 13.9 Å². The third kappa shape index (κ3) is 3.75. The summed E-state index contributed by atoms with van der Waals surface area (Å²) < 4.78 is 41.3. The highest BCUT2D eigenvalue weighted by Gasteiger charge is 2.32. The van der Waals surface area contributed by atoms with Crippen molar-refractivity contribution >= 4 is 33.2 Å². The maximum absolute atomic E-state index is 12.8. The number of hydrogen-bond acceptors (Lipinski definition) is 3. The third-order valence-electron chi connectivity index (χ3n) is 4.58. The minimum atomic E-state index is -4.52. The molecule has 0 saturated carbocycles. The fourth-order valence-corrected chi connectivity index (χ4v) is 3.85. The second-order valence-electron chi connectivity index (χ2n) is 6.67. The van der Waals surface area contributed by atoms with Crippen molar-refractivity contribution in [3.05, 3.63) is 85.6 Å². The zero-order chi connectivity index (χ0) is 21.6. The molecule has 3 heterocycles. The molecule has 1 aromatic carbocycles. The van der Waals surface area contributed by atoms with Crippen molar-refractivity contribution in [3.63, 3.8) is 0 Å². The SMILES string of the molecule is Cc1cc(-c2ccc(Cl)cc2)c(Br)c2nn(Cc3ccc(C(F)(F)F)nc3)c(=O)n12. The van der Waals surface area contributed by atoms with Crippen LogP contribution in [0.25, 0.3) is 16.8 Å². The molecule has 5 nitrogen and oxygen atoms in total. The first-order chi connectivity index (χ1) is 14.1. The lowest BCUT2D eigenvalue weighted by atomic mass is 10.1. The topological polar surface area (TPSA) is 52.2 Å². The number of rotatable bonds is 3. The van der Waals surface area contributed by atoms with E-state index in [9.17, 15) is 18.0 Å². The first-order valence-corrected chi connectivity index (χ1v) is 9.89. The van der Waals surface area contributed by atoms with E-state index in [4.69, 9.17) is 11.6 Å². The van der Waals surface area contributed by atoms with Gasteiger partial charge in [-0.15, -0.1) is 5.10 Å². The predicted molar refractivity (Wildman–Crippen MR) is 111 cm³/mol. The lowest BCUT2D eigenvalue weighted by Crippen LogP contribution is -2.23. The molecule has 0 atom stereocenters.